The molecule has 0 amide bonds. The highest BCUT2D eigenvalue weighted by molar-refractivity contribution is 7.56. The lowest BCUT2D eigenvalue weighted by Crippen LogP contribution is -2.14. The summed E-state index contributed by atoms with van der Waals surface area (Å²) in [5.74, 6) is 0. The third kappa shape index (κ3) is 4.73. The molecule has 4 aromatic rings. The zero-order valence-electron chi connectivity index (χ0n) is 18.1. The van der Waals surface area contributed by atoms with Crippen LogP contribution < -0.4 is 21.2 Å². The molecule has 2 unspecified atom stereocenters. The summed E-state index contributed by atoms with van der Waals surface area (Å²) in [7, 11) is 1.31. The van der Waals surface area contributed by atoms with Gasteiger partial charge in [0, 0.05) is 0 Å². The van der Waals surface area contributed by atoms with Gasteiger partial charge in [0.1, 0.15) is 0 Å². The summed E-state index contributed by atoms with van der Waals surface area (Å²) < 4.78 is 0. The summed E-state index contributed by atoms with van der Waals surface area (Å²) in [6, 6.07) is 31.5. The monoisotopic (exact) mass is 426 g/mol. The summed E-state index contributed by atoms with van der Waals surface area (Å²) in [5, 5.41) is 5.65. The Morgan fingerprint density at radius 1 is 0.433 bits per heavy atom. The molecule has 0 heterocycles. The lowest BCUT2D eigenvalue weighted by Gasteiger charge is -2.19. The van der Waals surface area contributed by atoms with Gasteiger partial charge in [0.15, 0.2) is 0 Å². The molecule has 0 saturated heterocycles. The minimum absolute atomic E-state index is 0.656. The minimum atomic E-state index is 0.656. The van der Waals surface area contributed by atoms with E-state index >= 15 is 0 Å². The highest BCUT2D eigenvalue weighted by Gasteiger charge is 2.15. The smallest absolute Gasteiger partial charge is 0.00679 e. The Kier molecular flexibility index (Phi) is 6.48. The van der Waals surface area contributed by atoms with Crippen LogP contribution >= 0.6 is 17.2 Å². The molecular weight excluding hydrogens is 398 g/mol. The average molecular weight is 426 g/mol. The molecule has 0 N–H and O–H groups in total. The van der Waals surface area contributed by atoms with Gasteiger partial charge in [-0.25, -0.2) is 0 Å². The molecular formula is C28H28P2. The van der Waals surface area contributed by atoms with Crippen molar-refractivity contribution >= 4 is 38.4 Å². The summed E-state index contributed by atoms with van der Waals surface area (Å²) >= 11 is 0. The molecule has 4 aromatic carbocycles. The van der Waals surface area contributed by atoms with E-state index in [1.165, 1.54) is 54.6 Å². The van der Waals surface area contributed by atoms with Crippen molar-refractivity contribution in [2.24, 2.45) is 0 Å². The summed E-state index contributed by atoms with van der Waals surface area (Å²) in [6.07, 6.45) is 0. The number of aryl methyl sites for hydroxylation is 4. The Bertz CT molecular complexity index is 1060. The van der Waals surface area contributed by atoms with Crippen LogP contribution in [0.3, 0.4) is 0 Å². The molecule has 0 nitrogen and oxygen atoms in total. The molecule has 0 saturated carbocycles. The highest BCUT2D eigenvalue weighted by Crippen LogP contribution is 2.31. The fourth-order valence-electron chi connectivity index (χ4n) is 3.79. The fraction of sp³-hybridized carbons (Fsp3) is 0.143. The maximum absolute atomic E-state index is 2.31. The number of benzene rings is 4. The molecule has 2 atom stereocenters. The Hall–Kier alpha value is -2.26. The van der Waals surface area contributed by atoms with Gasteiger partial charge >= 0.3 is 0 Å². The van der Waals surface area contributed by atoms with E-state index in [0.29, 0.717) is 17.2 Å². The van der Waals surface area contributed by atoms with Crippen molar-refractivity contribution in [1.29, 1.82) is 0 Å². The van der Waals surface area contributed by atoms with Crippen LogP contribution in [0.25, 0.3) is 11.1 Å². The van der Waals surface area contributed by atoms with Crippen molar-refractivity contribution in [3.63, 3.8) is 0 Å². The quantitative estimate of drug-likeness (QED) is 0.352. The molecule has 0 spiro atoms. The van der Waals surface area contributed by atoms with Crippen LogP contribution in [-0.4, -0.2) is 0 Å². The van der Waals surface area contributed by atoms with E-state index in [-0.39, 0.29) is 0 Å². The van der Waals surface area contributed by atoms with Crippen LogP contribution in [-0.2, 0) is 0 Å². The van der Waals surface area contributed by atoms with Crippen LogP contribution in [0.15, 0.2) is 84.9 Å². The zero-order valence-corrected chi connectivity index (χ0v) is 20.1. The molecule has 0 bridgehead atoms. The lowest BCUT2D eigenvalue weighted by molar-refractivity contribution is 1.43. The van der Waals surface area contributed by atoms with E-state index in [2.05, 4.69) is 113 Å². The van der Waals surface area contributed by atoms with Gasteiger partial charge in [-0.3, -0.25) is 0 Å². The first-order valence-electron chi connectivity index (χ1n) is 10.4. The van der Waals surface area contributed by atoms with E-state index in [4.69, 9.17) is 0 Å². The van der Waals surface area contributed by atoms with Crippen molar-refractivity contribution in [3.8, 4) is 11.1 Å². The van der Waals surface area contributed by atoms with Crippen LogP contribution in [0.2, 0.25) is 0 Å². The molecule has 4 rings (SSSR count). The largest absolute Gasteiger partial charge is 0.0613 e. The molecule has 150 valence electrons. The van der Waals surface area contributed by atoms with Gasteiger partial charge < -0.3 is 0 Å². The Morgan fingerprint density at radius 3 is 1.17 bits per heavy atom. The predicted molar refractivity (Wildman–Crippen MR) is 139 cm³/mol. The molecule has 0 aliphatic heterocycles. The van der Waals surface area contributed by atoms with E-state index < -0.39 is 0 Å². The summed E-state index contributed by atoms with van der Waals surface area (Å²) in [6.45, 7) is 8.81. The van der Waals surface area contributed by atoms with Gasteiger partial charge in [-0.1, -0.05) is 113 Å². The van der Waals surface area contributed by atoms with E-state index in [0.717, 1.165) is 0 Å². The summed E-state index contributed by atoms with van der Waals surface area (Å²) in [4.78, 5) is 0. The first-order valence-corrected chi connectivity index (χ1v) is 12.4. The lowest BCUT2D eigenvalue weighted by atomic mass is 9.96. The molecule has 0 fully saturated rings. The van der Waals surface area contributed by atoms with Gasteiger partial charge in [-0.2, -0.15) is 0 Å². The molecule has 0 aromatic heterocycles. The third-order valence-electron chi connectivity index (χ3n) is 5.46. The van der Waals surface area contributed by atoms with Crippen LogP contribution in [0, 0.1) is 27.7 Å². The first-order chi connectivity index (χ1) is 14.5. The normalized spacial score (nSPS) is 11.7. The van der Waals surface area contributed by atoms with E-state index in [9.17, 15) is 0 Å². The van der Waals surface area contributed by atoms with Gasteiger partial charge in [-0.05, 0) is 71.2 Å². The number of hydrogen-bond donors (Lipinski definition) is 0. The molecule has 30 heavy (non-hydrogen) atoms. The van der Waals surface area contributed by atoms with Crippen molar-refractivity contribution in [2.75, 3.05) is 0 Å². The molecule has 2 heteroatoms. The van der Waals surface area contributed by atoms with Crippen LogP contribution in [0.4, 0.5) is 0 Å². The SMILES string of the molecule is Cc1ccc(Pc2cccc(C)c2-c2c(C)cccc2Pc2ccc(C)cc2)cc1. The maximum atomic E-state index is 2.31. The van der Waals surface area contributed by atoms with Crippen molar-refractivity contribution in [2.45, 2.75) is 27.7 Å². The fourth-order valence-corrected chi connectivity index (χ4v) is 6.33. The topological polar surface area (TPSA) is 0 Å². The Balaban J connectivity index is 1.80. The average Bonchev–Trinajstić information content (AvgIpc) is 2.73. The van der Waals surface area contributed by atoms with Crippen molar-refractivity contribution in [1.82, 2.24) is 0 Å². The predicted octanol–water partition coefficient (Wildman–Crippen LogP) is 5.85. The zero-order chi connectivity index (χ0) is 21.1. The first kappa shape index (κ1) is 21.0. The van der Waals surface area contributed by atoms with Crippen molar-refractivity contribution in [3.05, 3.63) is 107 Å². The maximum Gasteiger partial charge on any atom is -0.00679 e. The molecule has 0 aliphatic carbocycles. The van der Waals surface area contributed by atoms with Crippen LogP contribution in [0.1, 0.15) is 22.3 Å². The van der Waals surface area contributed by atoms with E-state index in [1.54, 1.807) is 0 Å². The van der Waals surface area contributed by atoms with Crippen molar-refractivity contribution < 1.29 is 0 Å². The van der Waals surface area contributed by atoms with Gasteiger partial charge in [0.05, 0.1) is 0 Å². The van der Waals surface area contributed by atoms with Gasteiger partial charge in [0.25, 0.3) is 0 Å². The Labute approximate surface area is 184 Å². The summed E-state index contributed by atoms with van der Waals surface area (Å²) in [5.41, 5.74) is 8.18. The second kappa shape index (κ2) is 9.26. The van der Waals surface area contributed by atoms with Gasteiger partial charge in [-0.15, -0.1) is 0 Å². The minimum Gasteiger partial charge on any atom is -0.0613 e. The molecule has 0 radical (unpaired) electrons. The standard InChI is InChI=1S/C28H28P2/c1-19-11-15-23(16-12-19)29-25-9-5-7-21(3)27(25)28-22(4)8-6-10-26(28)30-24-17-13-20(2)14-18-24/h5-18,29-30H,1-4H3. The number of hydrogen-bond acceptors (Lipinski definition) is 0. The second-order valence-corrected chi connectivity index (χ2v) is 10.7. The third-order valence-corrected chi connectivity index (χ3v) is 8.07. The molecule has 0 aliphatic rings. The Morgan fingerprint density at radius 2 is 0.800 bits per heavy atom. The number of rotatable bonds is 5. The van der Waals surface area contributed by atoms with Gasteiger partial charge in [0.2, 0.25) is 0 Å². The highest BCUT2D eigenvalue weighted by atomic mass is 31.1. The van der Waals surface area contributed by atoms with E-state index in [1.807, 2.05) is 0 Å². The van der Waals surface area contributed by atoms with Crippen LogP contribution in [0.5, 0.6) is 0 Å². The second-order valence-electron chi connectivity index (χ2n) is 7.98.